The van der Waals surface area contributed by atoms with E-state index in [4.69, 9.17) is 0 Å². The van der Waals surface area contributed by atoms with Gasteiger partial charge < -0.3 is 4.90 Å². The van der Waals surface area contributed by atoms with Crippen molar-refractivity contribution in [3.05, 3.63) is 34.3 Å². The first kappa shape index (κ1) is 13.6. The first-order chi connectivity index (χ1) is 8.38. The molecule has 1 unspecified atom stereocenters. The zero-order chi connectivity index (χ0) is 13.3. The van der Waals surface area contributed by atoms with E-state index >= 15 is 0 Å². The fraction of sp³-hybridized carbons (Fsp3) is 0.533. The molecule has 0 spiro atoms. The van der Waals surface area contributed by atoms with E-state index in [-0.39, 0.29) is 11.3 Å². The van der Waals surface area contributed by atoms with Crippen LogP contribution in [-0.2, 0) is 4.79 Å². The van der Waals surface area contributed by atoms with Gasteiger partial charge in [0.25, 0.3) is 0 Å². The van der Waals surface area contributed by atoms with Crippen LogP contribution < -0.4 is 0 Å². The van der Waals surface area contributed by atoms with Gasteiger partial charge in [-0.1, -0.05) is 48.8 Å². The molecule has 1 aromatic rings. The molecule has 1 atom stereocenters. The Labute approximate surface area is 117 Å². The van der Waals surface area contributed by atoms with Gasteiger partial charge in [-0.2, -0.15) is 0 Å². The van der Waals surface area contributed by atoms with Gasteiger partial charge in [-0.25, -0.2) is 0 Å². The van der Waals surface area contributed by atoms with Crippen molar-refractivity contribution in [3.8, 4) is 0 Å². The molecule has 1 saturated heterocycles. The molecule has 98 valence electrons. The van der Waals surface area contributed by atoms with Gasteiger partial charge >= 0.3 is 0 Å². The van der Waals surface area contributed by atoms with Crippen molar-refractivity contribution in [2.24, 2.45) is 5.41 Å². The van der Waals surface area contributed by atoms with Gasteiger partial charge in [0.1, 0.15) is 0 Å². The normalized spacial score (nSPS) is 20.2. The second-order valence-electron chi connectivity index (χ2n) is 6.04. The highest BCUT2D eigenvalue weighted by Gasteiger charge is 2.33. The number of hydrogen-bond acceptors (Lipinski definition) is 1. The summed E-state index contributed by atoms with van der Waals surface area (Å²) < 4.78 is 1.10. The molecule has 1 heterocycles. The number of carbonyl (C=O) groups excluding carboxylic acids is 1. The van der Waals surface area contributed by atoms with E-state index in [2.05, 4.69) is 40.2 Å². The van der Waals surface area contributed by atoms with Crippen molar-refractivity contribution in [1.82, 2.24) is 4.90 Å². The topological polar surface area (TPSA) is 20.3 Å². The number of benzene rings is 1. The number of halogens is 1. The van der Waals surface area contributed by atoms with Gasteiger partial charge in [-0.3, -0.25) is 4.79 Å². The van der Waals surface area contributed by atoms with Crippen molar-refractivity contribution < 1.29 is 4.79 Å². The molecule has 18 heavy (non-hydrogen) atoms. The van der Waals surface area contributed by atoms with E-state index < -0.39 is 0 Å². The van der Waals surface area contributed by atoms with E-state index in [0.29, 0.717) is 5.92 Å². The third-order valence-corrected chi connectivity index (χ3v) is 3.99. The Morgan fingerprint density at radius 1 is 1.28 bits per heavy atom. The lowest BCUT2D eigenvalue weighted by Crippen LogP contribution is -2.37. The first-order valence-corrected chi connectivity index (χ1v) is 7.22. The van der Waals surface area contributed by atoms with Crippen LogP contribution in [0.15, 0.2) is 28.7 Å². The minimum absolute atomic E-state index is 0.266. The van der Waals surface area contributed by atoms with Crippen LogP contribution in [0.3, 0.4) is 0 Å². The Kier molecular flexibility index (Phi) is 3.81. The maximum Gasteiger partial charge on any atom is 0.227 e. The quantitative estimate of drug-likeness (QED) is 0.772. The Balaban J connectivity index is 2.05. The van der Waals surface area contributed by atoms with Crippen molar-refractivity contribution in [1.29, 1.82) is 0 Å². The molecule has 1 fully saturated rings. The number of rotatable bonds is 1. The fourth-order valence-corrected chi connectivity index (χ4v) is 2.69. The van der Waals surface area contributed by atoms with Crippen molar-refractivity contribution in [2.75, 3.05) is 13.1 Å². The molecule has 1 aromatic carbocycles. The summed E-state index contributed by atoms with van der Waals surface area (Å²) in [6.45, 7) is 7.71. The Morgan fingerprint density at radius 2 is 1.89 bits per heavy atom. The molecule has 2 nitrogen and oxygen atoms in total. The third kappa shape index (κ3) is 2.94. The summed E-state index contributed by atoms with van der Waals surface area (Å²) in [5, 5.41) is 0. The summed E-state index contributed by atoms with van der Waals surface area (Å²) in [6.07, 6.45) is 1.07. The van der Waals surface area contributed by atoms with Crippen molar-refractivity contribution >= 4 is 21.8 Å². The molecule has 0 radical (unpaired) electrons. The molecule has 1 aliphatic heterocycles. The summed E-state index contributed by atoms with van der Waals surface area (Å²) in [4.78, 5) is 14.2. The second kappa shape index (κ2) is 5.04. The molecule has 0 saturated carbocycles. The van der Waals surface area contributed by atoms with Crippen molar-refractivity contribution in [2.45, 2.75) is 33.1 Å². The monoisotopic (exact) mass is 309 g/mol. The van der Waals surface area contributed by atoms with Crippen LogP contribution in [0.5, 0.6) is 0 Å². The molecule has 1 aliphatic rings. The summed E-state index contributed by atoms with van der Waals surface area (Å²) in [7, 11) is 0. The standard InChI is InChI=1S/C15H20BrNO/c1-15(2,3)14(18)17-9-8-12(10-17)11-4-6-13(16)7-5-11/h4-7,12H,8-10H2,1-3H3. The van der Waals surface area contributed by atoms with Crippen LogP contribution in [0.4, 0.5) is 0 Å². The number of carbonyl (C=O) groups is 1. The van der Waals surface area contributed by atoms with Crippen molar-refractivity contribution in [3.63, 3.8) is 0 Å². The third-order valence-electron chi connectivity index (χ3n) is 3.46. The fourth-order valence-electron chi connectivity index (χ4n) is 2.43. The number of likely N-dealkylation sites (tertiary alicyclic amines) is 1. The van der Waals surface area contributed by atoms with Crippen LogP contribution in [-0.4, -0.2) is 23.9 Å². The molecule has 0 N–H and O–H groups in total. The molecule has 0 aromatic heterocycles. The van der Waals surface area contributed by atoms with E-state index in [9.17, 15) is 4.79 Å². The number of nitrogens with zero attached hydrogens (tertiary/aromatic N) is 1. The molecule has 3 heteroatoms. The van der Waals surface area contributed by atoms with Crippen LogP contribution in [0.2, 0.25) is 0 Å². The average Bonchev–Trinajstić information content (AvgIpc) is 2.77. The van der Waals surface area contributed by atoms with Crippen LogP contribution in [0.25, 0.3) is 0 Å². The lowest BCUT2D eigenvalue weighted by atomic mass is 9.94. The van der Waals surface area contributed by atoms with E-state index in [1.807, 2.05) is 25.7 Å². The minimum atomic E-state index is -0.269. The largest absolute Gasteiger partial charge is 0.342 e. The highest BCUT2D eigenvalue weighted by atomic mass is 79.9. The highest BCUT2D eigenvalue weighted by Crippen LogP contribution is 2.30. The molecular weight excluding hydrogens is 290 g/mol. The van der Waals surface area contributed by atoms with E-state index in [1.165, 1.54) is 5.56 Å². The van der Waals surface area contributed by atoms with Gasteiger partial charge in [-0.15, -0.1) is 0 Å². The molecule has 2 rings (SSSR count). The number of amides is 1. The predicted molar refractivity (Wildman–Crippen MR) is 77.5 cm³/mol. The summed E-state index contributed by atoms with van der Waals surface area (Å²) >= 11 is 3.45. The average molecular weight is 310 g/mol. The van der Waals surface area contributed by atoms with Gasteiger partial charge in [0.2, 0.25) is 5.91 Å². The summed E-state index contributed by atoms with van der Waals surface area (Å²) in [5.41, 5.74) is 1.07. The van der Waals surface area contributed by atoms with Crippen LogP contribution in [0, 0.1) is 5.41 Å². The van der Waals surface area contributed by atoms with Gasteiger partial charge in [0.15, 0.2) is 0 Å². The lowest BCUT2D eigenvalue weighted by Gasteiger charge is -2.25. The SMILES string of the molecule is CC(C)(C)C(=O)N1CCC(c2ccc(Br)cc2)C1. The Morgan fingerprint density at radius 3 is 2.44 bits per heavy atom. The Bertz CT molecular complexity index is 433. The summed E-state index contributed by atoms with van der Waals surface area (Å²) in [5.74, 6) is 0.756. The molecule has 0 aliphatic carbocycles. The van der Waals surface area contributed by atoms with E-state index in [0.717, 1.165) is 24.0 Å². The predicted octanol–water partition coefficient (Wildman–Crippen LogP) is 3.81. The lowest BCUT2D eigenvalue weighted by molar-refractivity contribution is -0.138. The van der Waals surface area contributed by atoms with E-state index in [1.54, 1.807) is 0 Å². The van der Waals surface area contributed by atoms with Gasteiger partial charge in [0, 0.05) is 28.9 Å². The highest BCUT2D eigenvalue weighted by molar-refractivity contribution is 9.10. The van der Waals surface area contributed by atoms with Crippen LogP contribution in [0.1, 0.15) is 38.7 Å². The Hall–Kier alpha value is -0.830. The summed E-state index contributed by atoms with van der Waals surface area (Å²) in [6, 6.07) is 8.45. The molecule has 0 bridgehead atoms. The number of hydrogen-bond donors (Lipinski definition) is 0. The minimum Gasteiger partial charge on any atom is -0.342 e. The van der Waals surface area contributed by atoms with Crippen LogP contribution >= 0.6 is 15.9 Å². The second-order valence-corrected chi connectivity index (χ2v) is 6.95. The molecular formula is C15H20BrNO. The smallest absolute Gasteiger partial charge is 0.227 e. The first-order valence-electron chi connectivity index (χ1n) is 6.43. The maximum atomic E-state index is 12.2. The van der Waals surface area contributed by atoms with Gasteiger partial charge in [0.05, 0.1) is 0 Å². The zero-order valence-electron chi connectivity index (χ0n) is 11.2. The molecule has 1 amide bonds. The zero-order valence-corrected chi connectivity index (χ0v) is 12.8. The maximum absolute atomic E-state index is 12.2. The van der Waals surface area contributed by atoms with Gasteiger partial charge in [-0.05, 0) is 24.1 Å².